The molecule has 0 saturated carbocycles. The van der Waals surface area contributed by atoms with E-state index in [1.807, 2.05) is 23.1 Å². The summed E-state index contributed by atoms with van der Waals surface area (Å²) in [5.74, 6) is 1.80. The van der Waals surface area contributed by atoms with Gasteiger partial charge in [-0.25, -0.2) is 8.42 Å². The fraction of sp³-hybridized carbons (Fsp3) is 0.538. The minimum atomic E-state index is -3.07. The van der Waals surface area contributed by atoms with Gasteiger partial charge in [-0.15, -0.1) is 0 Å². The average molecular weight is 443 g/mol. The number of nitrogens with zero attached hydrogens (tertiary/aromatic N) is 1. The largest absolute Gasteiger partial charge is 0.353 e. The molecule has 0 bridgehead atoms. The monoisotopic (exact) mass is 441 g/mol. The summed E-state index contributed by atoms with van der Waals surface area (Å²) in [6.07, 6.45) is 0. The fourth-order valence-corrected chi connectivity index (χ4v) is 6.55. The van der Waals surface area contributed by atoms with Crippen LogP contribution >= 0.6 is 43.6 Å². The van der Waals surface area contributed by atoms with Gasteiger partial charge in [-0.1, -0.05) is 44.8 Å². The Morgan fingerprint density at radius 3 is 2.80 bits per heavy atom. The van der Waals surface area contributed by atoms with E-state index in [0.29, 0.717) is 5.75 Å². The minimum Gasteiger partial charge on any atom is -0.353 e. The molecule has 1 heterocycles. The lowest BCUT2D eigenvalue weighted by atomic mass is 10.2. The fourth-order valence-electron chi connectivity index (χ4n) is 2.19. The zero-order valence-electron chi connectivity index (χ0n) is 11.2. The Bertz CT molecular complexity index is 578. The van der Waals surface area contributed by atoms with E-state index < -0.39 is 15.2 Å². The third kappa shape index (κ3) is 3.54. The van der Waals surface area contributed by atoms with E-state index in [1.54, 1.807) is 18.7 Å². The van der Waals surface area contributed by atoms with Crippen molar-refractivity contribution in [2.24, 2.45) is 0 Å². The molecule has 3 nitrogen and oxygen atoms in total. The first kappa shape index (κ1) is 16.6. The van der Waals surface area contributed by atoms with Crippen molar-refractivity contribution in [1.29, 1.82) is 0 Å². The van der Waals surface area contributed by atoms with Gasteiger partial charge in [0.1, 0.15) is 5.37 Å². The van der Waals surface area contributed by atoms with Gasteiger partial charge >= 0.3 is 0 Å². The molecule has 1 aliphatic heterocycles. The minimum absolute atomic E-state index is 0.190. The molecule has 0 N–H and O–H groups in total. The molecular formula is C13H17Br2NO2S2. The van der Waals surface area contributed by atoms with Crippen LogP contribution in [-0.4, -0.2) is 37.6 Å². The summed E-state index contributed by atoms with van der Waals surface area (Å²) < 4.78 is 25.6. The molecule has 2 rings (SSSR count). The average Bonchev–Trinajstić information content (AvgIpc) is 2.47. The van der Waals surface area contributed by atoms with Gasteiger partial charge in [0.15, 0.2) is 9.84 Å². The van der Waals surface area contributed by atoms with Crippen LogP contribution in [0.1, 0.15) is 12.5 Å². The Kier molecular flexibility index (Phi) is 5.85. The highest BCUT2D eigenvalue weighted by molar-refractivity contribution is 9.10. The zero-order valence-corrected chi connectivity index (χ0v) is 16.0. The second-order valence-electron chi connectivity index (χ2n) is 4.58. The third-order valence-corrected chi connectivity index (χ3v) is 8.04. The molecule has 1 atom stereocenters. The van der Waals surface area contributed by atoms with Gasteiger partial charge < -0.3 is 4.90 Å². The van der Waals surface area contributed by atoms with Crippen LogP contribution in [0.3, 0.4) is 0 Å². The van der Waals surface area contributed by atoms with E-state index in [2.05, 4.69) is 31.9 Å². The summed E-state index contributed by atoms with van der Waals surface area (Å²) in [4.78, 5) is 2.03. The molecule has 0 aromatic heterocycles. The number of halogens is 2. The quantitative estimate of drug-likeness (QED) is 0.666. The topological polar surface area (TPSA) is 37.4 Å². The molecule has 0 spiro atoms. The van der Waals surface area contributed by atoms with Gasteiger partial charge in [0.2, 0.25) is 0 Å². The van der Waals surface area contributed by atoms with Crippen LogP contribution in [0.5, 0.6) is 0 Å². The Labute approximate surface area is 141 Å². The molecule has 0 radical (unpaired) electrons. The summed E-state index contributed by atoms with van der Waals surface area (Å²) in [5, 5.41) is 0.369. The van der Waals surface area contributed by atoms with E-state index >= 15 is 0 Å². The van der Waals surface area contributed by atoms with Crippen LogP contribution < -0.4 is 4.90 Å². The molecule has 1 fully saturated rings. The molecule has 1 unspecified atom stereocenters. The standard InChI is InChI=1S/C13H17Br2NO2S2/c1-2-20(17,18)13-9-19-6-5-16(13)11-4-3-10(8-14)12(15)7-11/h3-4,7,13H,2,5-6,8-9H2,1H3. The maximum Gasteiger partial charge on any atom is 0.171 e. The Morgan fingerprint density at radius 1 is 1.45 bits per heavy atom. The summed E-state index contributed by atoms with van der Waals surface area (Å²) in [6.45, 7) is 2.49. The molecule has 1 aromatic carbocycles. The van der Waals surface area contributed by atoms with Crippen molar-refractivity contribution in [1.82, 2.24) is 0 Å². The summed E-state index contributed by atoms with van der Waals surface area (Å²) in [5.41, 5.74) is 2.14. The number of hydrogen-bond acceptors (Lipinski definition) is 4. The zero-order chi connectivity index (χ0) is 14.8. The van der Waals surface area contributed by atoms with Crippen molar-refractivity contribution in [2.75, 3.05) is 28.7 Å². The first-order valence-electron chi connectivity index (χ1n) is 6.40. The molecule has 20 heavy (non-hydrogen) atoms. The second kappa shape index (κ2) is 7.03. The lowest BCUT2D eigenvalue weighted by Crippen LogP contribution is -2.48. The van der Waals surface area contributed by atoms with E-state index in [4.69, 9.17) is 0 Å². The third-order valence-electron chi connectivity index (χ3n) is 3.41. The maximum absolute atomic E-state index is 12.3. The molecule has 1 saturated heterocycles. The molecular weight excluding hydrogens is 426 g/mol. The van der Waals surface area contributed by atoms with Crippen molar-refractivity contribution in [2.45, 2.75) is 17.6 Å². The van der Waals surface area contributed by atoms with E-state index in [-0.39, 0.29) is 5.75 Å². The Hall–Kier alpha value is 0.280. The van der Waals surface area contributed by atoms with Crippen LogP contribution in [0.4, 0.5) is 5.69 Å². The van der Waals surface area contributed by atoms with Gasteiger partial charge in [-0.05, 0) is 17.7 Å². The van der Waals surface area contributed by atoms with Crippen molar-refractivity contribution in [3.05, 3.63) is 28.2 Å². The van der Waals surface area contributed by atoms with Crippen molar-refractivity contribution in [3.8, 4) is 0 Å². The van der Waals surface area contributed by atoms with Gasteiger partial charge in [-0.2, -0.15) is 11.8 Å². The van der Waals surface area contributed by atoms with E-state index in [1.165, 1.54) is 0 Å². The van der Waals surface area contributed by atoms with Gasteiger partial charge in [0.25, 0.3) is 0 Å². The molecule has 112 valence electrons. The molecule has 0 aliphatic carbocycles. The highest BCUT2D eigenvalue weighted by Crippen LogP contribution is 2.31. The lowest BCUT2D eigenvalue weighted by molar-refractivity contribution is 0.579. The van der Waals surface area contributed by atoms with Gasteiger partial charge in [0.05, 0.1) is 0 Å². The van der Waals surface area contributed by atoms with Crippen LogP contribution in [0.25, 0.3) is 0 Å². The second-order valence-corrected chi connectivity index (χ2v) is 9.60. The Morgan fingerprint density at radius 2 is 2.20 bits per heavy atom. The number of thioether (sulfide) groups is 1. The van der Waals surface area contributed by atoms with Gasteiger partial charge in [0, 0.05) is 39.3 Å². The SMILES string of the molecule is CCS(=O)(=O)C1CSCCN1c1ccc(CBr)c(Br)c1. The Balaban J connectivity index is 2.35. The molecule has 0 amide bonds. The van der Waals surface area contributed by atoms with E-state index in [9.17, 15) is 8.42 Å². The smallest absolute Gasteiger partial charge is 0.171 e. The number of rotatable bonds is 4. The van der Waals surface area contributed by atoms with Crippen LogP contribution in [0, 0.1) is 0 Å². The predicted molar refractivity (Wildman–Crippen MR) is 94.7 cm³/mol. The maximum atomic E-state index is 12.3. The lowest BCUT2D eigenvalue weighted by Gasteiger charge is -2.36. The normalized spacial score (nSPS) is 20.1. The van der Waals surface area contributed by atoms with Gasteiger partial charge in [-0.3, -0.25) is 0 Å². The van der Waals surface area contributed by atoms with Crippen LogP contribution in [0.15, 0.2) is 22.7 Å². The van der Waals surface area contributed by atoms with Crippen molar-refractivity contribution in [3.63, 3.8) is 0 Å². The van der Waals surface area contributed by atoms with Crippen LogP contribution in [0.2, 0.25) is 0 Å². The predicted octanol–water partition coefficient (Wildman–Crippen LogP) is 3.66. The van der Waals surface area contributed by atoms with E-state index in [0.717, 1.165) is 33.4 Å². The molecule has 7 heteroatoms. The first-order valence-corrected chi connectivity index (χ1v) is 11.2. The molecule has 1 aromatic rings. The molecule has 1 aliphatic rings. The number of hydrogen-bond donors (Lipinski definition) is 0. The number of benzene rings is 1. The summed E-state index contributed by atoms with van der Waals surface area (Å²) >= 11 is 8.71. The number of alkyl halides is 1. The van der Waals surface area contributed by atoms with Crippen LogP contribution in [-0.2, 0) is 15.2 Å². The highest BCUT2D eigenvalue weighted by atomic mass is 79.9. The highest BCUT2D eigenvalue weighted by Gasteiger charge is 2.33. The van der Waals surface area contributed by atoms with Crippen molar-refractivity contribution < 1.29 is 8.42 Å². The first-order chi connectivity index (χ1) is 9.49. The number of anilines is 1. The summed E-state index contributed by atoms with van der Waals surface area (Å²) in [6, 6.07) is 6.06. The number of sulfone groups is 1. The van der Waals surface area contributed by atoms with Crippen molar-refractivity contribution >= 4 is 59.1 Å². The summed E-state index contributed by atoms with van der Waals surface area (Å²) in [7, 11) is -3.07.